The number of hydrogen-bond acceptors (Lipinski definition) is 3. The smallest absolute Gasteiger partial charge is 0.261 e. The van der Waals surface area contributed by atoms with Gasteiger partial charge in [0.25, 0.3) is 5.91 Å². The summed E-state index contributed by atoms with van der Waals surface area (Å²) in [6, 6.07) is 13.0. The van der Waals surface area contributed by atoms with Crippen LogP contribution in [0.3, 0.4) is 0 Å². The van der Waals surface area contributed by atoms with Gasteiger partial charge in [-0.1, -0.05) is 18.2 Å². The fraction of sp³-hybridized carbons (Fsp3) is 0.235. The Morgan fingerprint density at radius 3 is 2.55 bits per heavy atom. The summed E-state index contributed by atoms with van der Waals surface area (Å²) < 4.78 is 23.5. The molecule has 0 saturated carbocycles. The van der Waals surface area contributed by atoms with E-state index in [1.54, 1.807) is 14.0 Å². The molecule has 0 aromatic heterocycles. The Balaban J connectivity index is 1.90. The van der Waals surface area contributed by atoms with Crippen LogP contribution in [0.25, 0.3) is 0 Å². The minimum Gasteiger partial charge on any atom is -0.496 e. The third kappa shape index (κ3) is 4.22. The van der Waals surface area contributed by atoms with Crippen molar-refractivity contribution < 1.29 is 18.7 Å². The Morgan fingerprint density at radius 2 is 1.86 bits per heavy atom. The van der Waals surface area contributed by atoms with E-state index in [0.717, 1.165) is 11.3 Å². The topological polar surface area (TPSA) is 47.6 Å². The van der Waals surface area contributed by atoms with E-state index in [2.05, 4.69) is 5.32 Å². The fourth-order valence-electron chi connectivity index (χ4n) is 1.95. The molecule has 5 heteroatoms. The largest absolute Gasteiger partial charge is 0.496 e. The summed E-state index contributed by atoms with van der Waals surface area (Å²) >= 11 is 0. The quantitative estimate of drug-likeness (QED) is 0.892. The summed E-state index contributed by atoms with van der Waals surface area (Å²) in [6.45, 7) is 1.99. The highest BCUT2D eigenvalue weighted by molar-refractivity contribution is 5.80. The number of amides is 1. The minimum absolute atomic E-state index is 0.254. The van der Waals surface area contributed by atoms with Crippen LogP contribution in [0.5, 0.6) is 11.5 Å². The highest BCUT2D eigenvalue weighted by atomic mass is 19.1. The van der Waals surface area contributed by atoms with Crippen molar-refractivity contribution in [3.8, 4) is 11.5 Å². The highest BCUT2D eigenvalue weighted by Crippen LogP contribution is 2.17. The van der Waals surface area contributed by atoms with Crippen LogP contribution in [0.1, 0.15) is 12.5 Å². The lowest BCUT2D eigenvalue weighted by atomic mass is 10.2. The van der Waals surface area contributed by atoms with Crippen molar-refractivity contribution in [2.45, 2.75) is 19.6 Å². The standard InChI is InChI=1S/C17H18FNO3/c1-12(22-15-9-7-14(18)8-10-15)17(20)19-11-13-5-3-4-6-16(13)21-2/h3-10,12H,11H2,1-2H3,(H,19,20). The van der Waals surface area contributed by atoms with E-state index in [-0.39, 0.29) is 11.7 Å². The maximum Gasteiger partial charge on any atom is 0.261 e. The van der Waals surface area contributed by atoms with E-state index in [1.165, 1.54) is 24.3 Å². The number of nitrogens with one attached hydrogen (secondary N) is 1. The van der Waals surface area contributed by atoms with Gasteiger partial charge in [0.05, 0.1) is 7.11 Å². The summed E-state index contributed by atoms with van der Waals surface area (Å²) in [5, 5.41) is 2.79. The number of methoxy groups -OCH3 is 1. The highest BCUT2D eigenvalue weighted by Gasteiger charge is 2.15. The SMILES string of the molecule is COc1ccccc1CNC(=O)C(C)Oc1ccc(F)cc1. The second-order valence-electron chi connectivity index (χ2n) is 4.74. The Hall–Kier alpha value is -2.56. The predicted molar refractivity (Wildman–Crippen MR) is 81.3 cm³/mol. The minimum atomic E-state index is -0.680. The number of para-hydroxylation sites is 1. The van der Waals surface area contributed by atoms with Crippen molar-refractivity contribution in [2.24, 2.45) is 0 Å². The third-order valence-electron chi connectivity index (χ3n) is 3.14. The van der Waals surface area contributed by atoms with E-state index >= 15 is 0 Å². The van der Waals surface area contributed by atoms with Crippen LogP contribution in [0.2, 0.25) is 0 Å². The maximum atomic E-state index is 12.8. The molecule has 0 saturated heterocycles. The lowest BCUT2D eigenvalue weighted by Gasteiger charge is -2.15. The van der Waals surface area contributed by atoms with Crippen LogP contribution in [0.4, 0.5) is 4.39 Å². The summed E-state index contributed by atoms with van der Waals surface area (Å²) in [5.41, 5.74) is 0.882. The van der Waals surface area contributed by atoms with Crippen molar-refractivity contribution in [1.82, 2.24) is 5.32 Å². The Morgan fingerprint density at radius 1 is 1.18 bits per heavy atom. The molecule has 116 valence electrons. The van der Waals surface area contributed by atoms with Gasteiger partial charge < -0.3 is 14.8 Å². The second kappa shape index (κ2) is 7.45. The molecule has 2 rings (SSSR count). The molecule has 1 atom stereocenters. The molecular weight excluding hydrogens is 285 g/mol. The van der Waals surface area contributed by atoms with Crippen molar-refractivity contribution in [3.05, 3.63) is 59.9 Å². The zero-order valence-corrected chi connectivity index (χ0v) is 12.5. The summed E-state index contributed by atoms with van der Waals surface area (Å²) in [5.74, 6) is 0.562. The molecule has 0 spiro atoms. The van der Waals surface area contributed by atoms with Crippen LogP contribution in [-0.2, 0) is 11.3 Å². The molecule has 2 aromatic carbocycles. The average Bonchev–Trinajstić information content (AvgIpc) is 2.54. The van der Waals surface area contributed by atoms with E-state index in [9.17, 15) is 9.18 Å². The van der Waals surface area contributed by atoms with Gasteiger partial charge in [0.2, 0.25) is 0 Å². The second-order valence-corrected chi connectivity index (χ2v) is 4.74. The lowest BCUT2D eigenvalue weighted by Crippen LogP contribution is -2.35. The summed E-state index contributed by atoms with van der Waals surface area (Å²) in [6.07, 6.45) is -0.680. The van der Waals surface area contributed by atoms with Gasteiger partial charge in [-0.3, -0.25) is 4.79 Å². The first-order valence-corrected chi connectivity index (χ1v) is 6.92. The molecule has 1 unspecified atom stereocenters. The molecule has 4 nitrogen and oxygen atoms in total. The number of carbonyl (C=O) groups is 1. The van der Waals surface area contributed by atoms with Gasteiger partial charge in [-0.25, -0.2) is 4.39 Å². The van der Waals surface area contributed by atoms with Crippen LogP contribution in [0, 0.1) is 5.82 Å². The van der Waals surface area contributed by atoms with Crippen molar-refractivity contribution in [3.63, 3.8) is 0 Å². The van der Waals surface area contributed by atoms with Crippen molar-refractivity contribution in [2.75, 3.05) is 7.11 Å². The normalized spacial score (nSPS) is 11.6. The molecule has 0 aliphatic carbocycles. The first-order chi connectivity index (χ1) is 10.6. The number of halogens is 1. The van der Waals surface area contributed by atoms with E-state index in [4.69, 9.17) is 9.47 Å². The van der Waals surface area contributed by atoms with E-state index < -0.39 is 6.10 Å². The third-order valence-corrected chi connectivity index (χ3v) is 3.14. The van der Waals surface area contributed by atoms with Crippen LogP contribution >= 0.6 is 0 Å². The number of ether oxygens (including phenoxy) is 2. The average molecular weight is 303 g/mol. The lowest BCUT2D eigenvalue weighted by molar-refractivity contribution is -0.127. The van der Waals surface area contributed by atoms with E-state index in [1.807, 2.05) is 24.3 Å². The van der Waals surface area contributed by atoms with Crippen molar-refractivity contribution in [1.29, 1.82) is 0 Å². The van der Waals surface area contributed by atoms with Gasteiger partial charge in [-0.2, -0.15) is 0 Å². The molecule has 0 bridgehead atoms. The van der Waals surface area contributed by atoms with Gasteiger partial charge in [0.1, 0.15) is 17.3 Å². The number of benzene rings is 2. The van der Waals surface area contributed by atoms with Crippen LogP contribution in [0.15, 0.2) is 48.5 Å². The van der Waals surface area contributed by atoms with Gasteiger partial charge in [0.15, 0.2) is 6.10 Å². The summed E-state index contributed by atoms with van der Waals surface area (Å²) in [7, 11) is 1.58. The maximum absolute atomic E-state index is 12.8. The number of rotatable bonds is 6. The van der Waals surface area contributed by atoms with Gasteiger partial charge in [0, 0.05) is 12.1 Å². The Bertz CT molecular complexity index is 628. The molecule has 0 heterocycles. The zero-order valence-electron chi connectivity index (χ0n) is 12.5. The van der Waals surface area contributed by atoms with Crippen molar-refractivity contribution >= 4 is 5.91 Å². The van der Waals surface area contributed by atoms with Gasteiger partial charge in [-0.05, 0) is 37.3 Å². The number of hydrogen-bond donors (Lipinski definition) is 1. The molecule has 0 aliphatic heterocycles. The molecule has 0 fully saturated rings. The zero-order chi connectivity index (χ0) is 15.9. The van der Waals surface area contributed by atoms with Gasteiger partial charge in [-0.15, -0.1) is 0 Å². The molecular formula is C17H18FNO3. The molecule has 1 amide bonds. The van der Waals surface area contributed by atoms with Gasteiger partial charge >= 0.3 is 0 Å². The van der Waals surface area contributed by atoms with E-state index in [0.29, 0.717) is 12.3 Å². The Labute approximate surface area is 128 Å². The van der Waals surface area contributed by atoms with Crippen LogP contribution < -0.4 is 14.8 Å². The molecule has 1 N–H and O–H groups in total. The van der Waals surface area contributed by atoms with Crippen LogP contribution in [-0.4, -0.2) is 19.1 Å². The monoisotopic (exact) mass is 303 g/mol. The number of carbonyl (C=O) groups excluding carboxylic acids is 1. The Kier molecular flexibility index (Phi) is 5.36. The molecule has 0 radical (unpaired) electrons. The molecule has 0 aliphatic rings. The predicted octanol–water partition coefficient (Wildman–Crippen LogP) is 2.92. The molecule has 22 heavy (non-hydrogen) atoms. The molecule has 2 aromatic rings. The first-order valence-electron chi connectivity index (χ1n) is 6.92. The summed E-state index contributed by atoms with van der Waals surface area (Å²) in [4.78, 5) is 12.0. The first kappa shape index (κ1) is 15.8. The fourth-order valence-corrected chi connectivity index (χ4v) is 1.95.